The molecule has 0 aliphatic carbocycles. The molecule has 0 spiro atoms. The van der Waals surface area contributed by atoms with E-state index in [1.54, 1.807) is 0 Å². The van der Waals surface area contributed by atoms with Gasteiger partial charge in [-0.3, -0.25) is 0 Å². The number of aliphatic hydroxyl groups excluding tert-OH is 1. The van der Waals surface area contributed by atoms with Crippen LogP contribution in [-0.4, -0.2) is 87.4 Å². The molecular weight excluding hydrogens is 434 g/mol. The first-order valence-electron chi connectivity index (χ1n) is 10.0. The second-order valence-electron chi connectivity index (χ2n) is 6.90. The average Bonchev–Trinajstić information content (AvgIpc) is 2.78. The van der Waals surface area contributed by atoms with Crippen LogP contribution in [0.1, 0.15) is 11.9 Å². The van der Waals surface area contributed by atoms with E-state index in [0.29, 0.717) is 25.7 Å². The lowest BCUT2D eigenvalue weighted by atomic mass is 9.97. The van der Waals surface area contributed by atoms with Crippen molar-refractivity contribution in [3.63, 3.8) is 0 Å². The van der Waals surface area contributed by atoms with Crippen LogP contribution in [0.5, 0.6) is 0 Å². The van der Waals surface area contributed by atoms with Crippen LogP contribution < -0.4 is 5.73 Å². The summed E-state index contributed by atoms with van der Waals surface area (Å²) in [5.74, 6) is 0.427. The highest BCUT2D eigenvalue weighted by Crippen LogP contribution is 2.35. The van der Waals surface area contributed by atoms with E-state index in [1.165, 1.54) is 0 Å². The lowest BCUT2D eigenvalue weighted by Crippen LogP contribution is -2.63. The van der Waals surface area contributed by atoms with Crippen LogP contribution in [0.4, 0.5) is 4.79 Å². The maximum atomic E-state index is 11.4. The molecule has 2 aliphatic rings. The van der Waals surface area contributed by atoms with E-state index in [0.717, 1.165) is 5.56 Å². The summed E-state index contributed by atoms with van der Waals surface area (Å²) in [6.45, 7) is 1.83. The quantitative estimate of drug-likeness (QED) is 0.365. The summed E-state index contributed by atoms with van der Waals surface area (Å²) in [6, 6.07) is 9.28. The van der Waals surface area contributed by atoms with Gasteiger partial charge in [0.1, 0.15) is 18.3 Å². The number of ether oxygens (including phenoxy) is 7. The highest BCUT2D eigenvalue weighted by atomic mass is 35.5. The maximum Gasteiger partial charge on any atom is 0.404 e. The zero-order chi connectivity index (χ0) is 22.1. The number of fused-ring (bicyclic) bond motifs is 1. The zero-order valence-corrected chi connectivity index (χ0v) is 17.7. The molecule has 0 bridgehead atoms. The van der Waals surface area contributed by atoms with Crippen LogP contribution in [0.25, 0.3) is 0 Å². The summed E-state index contributed by atoms with van der Waals surface area (Å²) >= 11 is 5.51. The minimum atomic E-state index is -1.31. The van der Waals surface area contributed by atoms with Gasteiger partial charge in [-0.05, 0) is 0 Å². The van der Waals surface area contributed by atoms with Gasteiger partial charge in [0.15, 0.2) is 18.7 Å². The summed E-state index contributed by atoms with van der Waals surface area (Å²) in [7, 11) is 0. The maximum absolute atomic E-state index is 11.4. The molecule has 1 unspecified atom stereocenters. The van der Waals surface area contributed by atoms with E-state index < -0.39 is 43.1 Å². The number of nitrogens with two attached hydrogens (primary N) is 1. The lowest BCUT2D eigenvalue weighted by Gasteiger charge is -2.47. The van der Waals surface area contributed by atoms with Crippen molar-refractivity contribution in [2.24, 2.45) is 5.73 Å². The smallest absolute Gasteiger partial charge is 0.404 e. The molecule has 0 saturated carbocycles. The van der Waals surface area contributed by atoms with E-state index in [9.17, 15) is 9.90 Å². The molecule has 3 rings (SSSR count). The standard InChI is InChI=1S/C20H28ClNO9/c21-6-7-25-8-9-26-10-11-27-19-15(23)17(31-20(22)24)16-14(29-19)12-28-18(30-16)13-4-2-1-3-5-13/h1-5,14-19,23H,6-12H2,(H2,22,24)/t14-,15+,16-,17-,18?,19+/m1/s1. The van der Waals surface area contributed by atoms with Crippen molar-refractivity contribution in [2.75, 3.05) is 45.5 Å². The fraction of sp³-hybridized carbons (Fsp3) is 0.650. The molecule has 2 heterocycles. The third kappa shape index (κ3) is 6.99. The Morgan fingerprint density at radius 1 is 1.10 bits per heavy atom. The number of carbonyl (C=O) groups excluding carboxylic acids is 1. The van der Waals surface area contributed by atoms with Crippen molar-refractivity contribution in [1.82, 2.24) is 0 Å². The summed E-state index contributed by atoms with van der Waals surface area (Å²) in [5, 5.41) is 10.7. The zero-order valence-electron chi connectivity index (χ0n) is 17.0. The molecule has 10 nitrogen and oxygen atoms in total. The van der Waals surface area contributed by atoms with Crippen LogP contribution in [-0.2, 0) is 33.2 Å². The van der Waals surface area contributed by atoms with Crippen molar-refractivity contribution in [3.05, 3.63) is 35.9 Å². The van der Waals surface area contributed by atoms with Gasteiger partial charge < -0.3 is 44.0 Å². The Morgan fingerprint density at radius 3 is 2.52 bits per heavy atom. The van der Waals surface area contributed by atoms with Crippen molar-refractivity contribution in [2.45, 2.75) is 37.0 Å². The molecule has 1 amide bonds. The van der Waals surface area contributed by atoms with E-state index in [1.807, 2.05) is 30.3 Å². The predicted molar refractivity (Wildman–Crippen MR) is 107 cm³/mol. The molecule has 0 radical (unpaired) electrons. The monoisotopic (exact) mass is 461 g/mol. The third-order valence-electron chi connectivity index (χ3n) is 4.73. The van der Waals surface area contributed by atoms with Crippen LogP contribution in [0.2, 0.25) is 0 Å². The molecule has 3 N–H and O–H groups in total. The first-order valence-corrected chi connectivity index (χ1v) is 10.6. The van der Waals surface area contributed by atoms with Crippen LogP contribution >= 0.6 is 11.6 Å². The molecule has 31 heavy (non-hydrogen) atoms. The number of aliphatic hydroxyl groups is 1. The first-order chi connectivity index (χ1) is 15.1. The fourth-order valence-electron chi connectivity index (χ4n) is 3.35. The van der Waals surface area contributed by atoms with E-state index in [-0.39, 0.29) is 19.8 Å². The molecule has 2 aliphatic heterocycles. The second kappa shape index (κ2) is 12.5. The van der Waals surface area contributed by atoms with Gasteiger partial charge >= 0.3 is 6.09 Å². The third-order valence-corrected chi connectivity index (χ3v) is 4.89. The fourth-order valence-corrected chi connectivity index (χ4v) is 3.46. The first kappa shape index (κ1) is 24.1. The number of hydrogen-bond donors (Lipinski definition) is 2. The number of hydrogen-bond acceptors (Lipinski definition) is 9. The number of rotatable bonds is 11. The number of halogens is 1. The summed E-state index contributed by atoms with van der Waals surface area (Å²) in [4.78, 5) is 11.4. The van der Waals surface area contributed by atoms with Gasteiger partial charge in [0.05, 0.1) is 39.6 Å². The van der Waals surface area contributed by atoms with Crippen molar-refractivity contribution in [1.29, 1.82) is 0 Å². The molecule has 11 heteroatoms. The average molecular weight is 462 g/mol. The van der Waals surface area contributed by atoms with Crippen LogP contribution in [0, 0.1) is 0 Å². The van der Waals surface area contributed by atoms with Crippen molar-refractivity contribution < 1.29 is 43.1 Å². The minimum Gasteiger partial charge on any atom is -0.441 e. The Balaban J connectivity index is 1.53. The van der Waals surface area contributed by atoms with Gasteiger partial charge in [-0.25, -0.2) is 4.79 Å². The van der Waals surface area contributed by atoms with Gasteiger partial charge in [0, 0.05) is 11.4 Å². The Hall–Kier alpha value is -1.50. The van der Waals surface area contributed by atoms with E-state index >= 15 is 0 Å². The van der Waals surface area contributed by atoms with Crippen molar-refractivity contribution in [3.8, 4) is 0 Å². The Bertz CT molecular complexity index is 667. The minimum absolute atomic E-state index is 0.145. The predicted octanol–water partition coefficient (Wildman–Crippen LogP) is 0.939. The Kier molecular flexibility index (Phi) is 9.75. The largest absolute Gasteiger partial charge is 0.441 e. The molecule has 2 saturated heterocycles. The molecule has 174 valence electrons. The number of amides is 1. The number of alkyl halides is 1. The van der Waals surface area contributed by atoms with Gasteiger partial charge in [-0.1, -0.05) is 30.3 Å². The molecule has 2 fully saturated rings. The lowest BCUT2D eigenvalue weighted by molar-refractivity contribution is -0.360. The van der Waals surface area contributed by atoms with Crippen molar-refractivity contribution >= 4 is 17.7 Å². The van der Waals surface area contributed by atoms with Gasteiger partial charge in [-0.2, -0.15) is 0 Å². The Labute approximate surface area is 185 Å². The number of primary amides is 1. The second-order valence-corrected chi connectivity index (χ2v) is 7.27. The molecular formula is C20H28ClNO9. The van der Waals surface area contributed by atoms with Gasteiger partial charge in [0.25, 0.3) is 0 Å². The molecule has 1 aromatic carbocycles. The molecule has 0 aromatic heterocycles. The van der Waals surface area contributed by atoms with E-state index in [4.69, 9.17) is 50.5 Å². The highest BCUT2D eigenvalue weighted by Gasteiger charge is 2.51. The highest BCUT2D eigenvalue weighted by molar-refractivity contribution is 6.17. The van der Waals surface area contributed by atoms with Crippen LogP contribution in [0.15, 0.2) is 30.3 Å². The molecule has 1 aromatic rings. The number of carbonyl (C=O) groups is 1. The van der Waals surface area contributed by atoms with Crippen LogP contribution in [0.3, 0.4) is 0 Å². The van der Waals surface area contributed by atoms with Gasteiger partial charge in [0.2, 0.25) is 0 Å². The SMILES string of the molecule is NC(=O)O[C@@H]1[C@H](O)[C@@H](OCCOCCOCCCl)O[C@@H]2COC(c3ccccc3)O[C@@H]12. The Morgan fingerprint density at radius 2 is 1.81 bits per heavy atom. The summed E-state index contributed by atoms with van der Waals surface area (Å²) in [6.07, 6.45) is -6.59. The summed E-state index contributed by atoms with van der Waals surface area (Å²) in [5.41, 5.74) is 6.00. The summed E-state index contributed by atoms with van der Waals surface area (Å²) < 4.78 is 38.9. The van der Waals surface area contributed by atoms with Gasteiger partial charge in [-0.15, -0.1) is 11.6 Å². The normalized spacial score (nSPS) is 30.5. The van der Waals surface area contributed by atoms with E-state index in [2.05, 4.69) is 0 Å². The number of benzene rings is 1. The topological polar surface area (TPSA) is 128 Å². The molecule has 6 atom stereocenters.